The van der Waals surface area contributed by atoms with Crippen molar-refractivity contribution in [3.05, 3.63) is 71.8 Å². The highest BCUT2D eigenvalue weighted by molar-refractivity contribution is 5.98. The number of nitrogens with zero attached hydrogens (tertiary/aromatic N) is 2. The summed E-state index contributed by atoms with van der Waals surface area (Å²) in [5.41, 5.74) is 3.76. The van der Waals surface area contributed by atoms with Gasteiger partial charge in [0.2, 0.25) is 0 Å². The largest absolute Gasteiger partial charge is 0.392 e. The fourth-order valence-electron chi connectivity index (χ4n) is 1.82. The van der Waals surface area contributed by atoms with Crippen molar-refractivity contribution in [3.8, 4) is 0 Å². The van der Waals surface area contributed by atoms with Gasteiger partial charge in [-0.3, -0.25) is 0 Å². The molecule has 0 bridgehead atoms. The van der Waals surface area contributed by atoms with E-state index in [9.17, 15) is 0 Å². The molecule has 2 aromatic rings. The first kappa shape index (κ1) is 15.8. The van der Waals surface area contributed by atoms with E-state index in [-0.39, 0.29) is 0 Å². The smallest absolute Gasteiger partial charge is 0.153 e. The van der Waals surface area contributed by atoms with E-state index < -0.39 is 0 Å². The van der Waals surface area contributed by atoms with Gasteiger partial charge < -0.3 is 9.68 Å². The zero-order valence-electron chi connectivity index (χ0n) is 12.9. The van der Waals surface area contributed by atoms with Crippen molar-refractivity contribution >= 4 is 11.4 Å². The van der Waals surface area contributed by atoms with E-state index in [4.69, 9.17) is 9.68 Å². The van der Waals surface area contributed by atoms with Gasteiger partial charge in [0.25, 0.3) is 0 Å². The molecule has 0 fully saturated rings. The van der Waals surface area contributed by atoms with E-state index in [1.165, 1.54) is 0 Å². The molecule has 2 rings (SSSR count). The van der Waals surface area contributed by atoms with Gasteiger partial charge in [-0.05, 0) is 25.0 Å². The Bertz CT molecular complexity index is 565. The van der Waals surface area contributed by atoms with Crippen molar-refractivity contribution in [1.29, 1.82) is 0 Å². The Morgan fingerprint density at radius 3 is 1.41 bits per heavy atom. The monoisotopic (exact) mass is 296 g/mol. The maximum Gasteiger partial charge on any atom is 0.153 e. The Hall–Kier alpha value is -2.62. The van der Waals surface area contributed by atoms with Crippen LogP contribution in [0.1, 0.15) is 25.0 Å². The maximum absolute atomic E-state index is 5.23. The van der Waals surface area contributed by atoms with E-state index in [0.29, 0.717) is 13.2 Å². The molecule has 0 radical (unpaired) electrons. The number of hydrogen-bond donors (Lipinski definition) is 0. The highest BCUT2D eigenvalue weighted by atomic mass is 16.7. The zero-order valence-corrected chi connectivity index (χ0v) is 12.9. The van der Waals surface area contributed by atoms with Gasteiger partial charge in [0.1, 0.15) is 0 Å². The molecule has 2 aromatic carbocycles. The van der Waals surface area contributed by atoms with E-state index in [1.54, 1.807) is 0 Å². The third-order valence-electron chi connectivity index (χ3n) is 3.05. The molecule has 0 spiro atoms. The zero-order chi connectivity index (χ0) is 15.6. The van der Waals surface area contributed by atoms with Crippen LogP contribution in [-0.4, -0.2) is 24.6 Å². The van der Waals surface area contributed by atoms with Crippen LogP contribution in [0.5, 0.6) is 0 Å². The number of rotatable bonds is 7. The Morgan fingerprint density at radius 1 is 0.682 bits per heavy atom. The summed E-state index contributed by atoms with van der Waals surface area (Å²) in [6.45, 7) is 4.53. The minimum atomic E-state index is 0.357. The van der Waals surface area contributed by atoms with Crippen LogP contribution in [0.4, 0.5) is 0 Å². The quantitative estimate of drug-likeness (QED) is 0.442. The Kier molecular flexibility index (Phi) is 6.18. The molecule has 0 atom stereocenters. The molecular weight excluding hydrogens is 276 g/mol. The van der Waals surface area contributed by atoms with Crippen molar-refractivity contribution in [2.45, 2.75) is 13.8 Å². The van der Waals surface area contributed by atoms with E-state index in [0.717, 1.165) is 22.6 Å². The molecule has 4 heteroatoms. The maximum atomic E-state index is 5.23. The van der Waals surface area contributed by atoms with Gasteiger partial charge in [-0.2, -0.15) is 0 Å². The SMILES string of the molecule is CC(=NOCCON=C(C)c1ccccc1)c1ccccc1. The van der Waals surface area contributed by atoms with Crippen LogP contribution >= 0.6 is 0 Å². The van der Waals surface area contributed by atoms with Crippen molar-refractivity contribution in [2.75, 3.05) is 13.2 Å². The standard InChI is InChI=1S/C18H20N2O2/c1-15(17-9-5-3-6-10-17)19-21-13-14-22-20-16(2)18-11-7-4-8-12-18/h3-12H,13-14H2,1-2H3. The first-order valence-electron chi connectivity index (χ1n) is 7.21. The van der Waals surface area contributed by atoms with Gasteiger partial charge in [-0.15, -0.1) is 0 Å². The lowest BCUT2D eigenvalue weighted by Gasteiger charge is -2.03. The molecule has 0 aliphatic heterocycles. The lowest BCUT2D eigenvalue weighted by atomic mass is 10.1. The van der Waals surface area contributed by atoms with Gasteiger partial charge in [-0.1, -0.05) is 71.0 Å². The highest BCUT2D eigenvalue weighted by Crippen LogP contribution is 2.02. The Labute approximate surface area is 131 Å². The van der Waals surface area contributed by atoms with Crippen LogP contribution in [0, 0.1) is 0 Å². The third kappa shape index (κ3) is 5.05. The van der Waals surface area contributed by atoms with Crippen LogP contribution < -0.4 is 0 Å². The van der Waals surface area contributed by atoms with Gasteiger partial charge in [0.05, 0.1) is 11.4 Å². The molecule has 0 aliphatic rings. The first-order chi connectivity index (χ1) is 10.8. The normalized spacial score (nSPS) is 12.1. The second-order valence-corrected chi connectivity index (χ2v) is 4.75. The van der Waals surface area contributed by atoms with Crippen LogP contribution in [0.25, 0.3) is 0 Å². The average molecular weight is 296 g/mol. The van der Waals surface area contributed by atoms with Crippen LogP contribution in [0.2, 0.25) is 0 Å². The number of benzene rings is 2. The molecule has 0 aromatic heterocycles. The van der Waals surface area contributed by atoms with Crippen LogP contribution in [0.3, 0.4) is 0 Å². The molecule has 0 heterocycles. The minimum absolute atomic E-state index is 0.357. The highest BCUT2D eigenvalue weighted by Gasteiger charge is 1.97. The summed E-state index contributed by atoms with van der Waals surface area (Å²) in [6, 6.07) is 19.8. The summed E-state index contributed by atoms with van der Waals surface area (Å²) >= 11 is 0. The van der Waals surface area contributed by atoms with Crippen molar-refractivity contribution in [1.82, 2.24) is 0 Å². The lowest BCUT2D eigenvalue weighted by molar-refractivity contribution is 0.0540. The first-order valence-corrected chi connectivity index (χ1v) is 7.21. The summed E-state index contributed by atoms with van der Waals surface area (Å²) in [7, 11) is 0. The average Bonchev–Trinajstić information content (AvgIpc) is 2.59. The van der Waals surface area contributed by atoms with Gasteiger partial charge >= 0.3 is 0 Å². The third-order valence-corrected chi connectivity index (χ3v) is 3.05. The topological polar surface area (TPSA) is 43.2 Å². The summed E-state index contributed by atoms with van der Waals surface area (Å²) in [5.74, 6) is 0. The molecule has 0 amide bonds. The van der Waals surface area contributed by atoms with Gasteiger partial charge in [0.15, 0.2) is 13.2 Å². The molecule has 0 saturated carbocycles. The summed E-state index contributed by atoms with van der Waals surface area (Å²) in [6.07, 6.45) is 0. The Morgan fingerprint density at radius 2 is 1.05 bits per heavy atom. The predicted octanol–water partition coefficient (Wildman–Crippen LogP) is 3.87. The summed E-state index contributed by atoms with van der Waals surface area (Å²) in [5, 5.41) is 8.11. The number of oxime groups is 2. The van der Waals surface area contributed by atoms with Crippen LogP contribution in [-0.2, 0) is 9.68 Å². The molecule has 0 aliphatic carbocycles. The van der Waals surface area contributed by atoms with Gasteiger partial charge in [0, 0.05) is 0 Å². The Balaban J connectivity index is 1.71. The molecule has 22 heavy (non-hydrogen) atoms. The second-order valence-electron chi connectivity index (χ2n) is 4.75. The summed E-state index contributed by atoms with van der Waals surface area (Å²) in [4.78, 5) is 10.5. The molecular formula is C18H20N2O2. The van der Waals surface area contributed by atoms with E-state index >= 15 is 0 Å². The second kappa shape index (κ2) is 8.62. The molecule has 4 nitrogen and oxygen atoms in total. The molecule has 0 unspecified atom stereocenters. The fourth-order valence-corrected chi connectivity index (χ4v) is 1.82. The van der Waals surface area contributed by atoms with Crippen molar-refractivity contribution in [2.24, 2.45) is 10.3 Å². The molecule has 0 saturated heterocycles. The van der Waals surface area contributed by atoms with Gasteiger partial charge in [-0.25, -0.2) is 0 Å². The number of hydrogen-bond acceptors (Lipinski definition) is 4. The summed E-state index contributed by atoms with van der Waals surface area (Å²) < 4.78 is 0. The van der Waals surface area contributed by atoms with Crippen molar-refractivity contribution in [3.63, 3.8) is 0 Å². The van der Waals surface area contributed by atoms with E-state index in [1.807, 2.05) is 74.5 Å². The van der Waals surface area contributed by atoms with Crippen LogP contribution in [0.15, 0.2) is 71.0 Å². The fraction of sp³-hybridized carbons (Fsp3) is 0.222. The molecule has 114 valence electrons. The lowest BCUT2D eigenvalue weighted by Crippen LogP contribution is -2.03. The van der Waals surface area contributed by atoms with Crippen molar-refractivity contribution < 1.29 is 9.68 Å². The molecule has 0 N–H and O–H groups in total. The predicted molar refractivity (Wildman–Crippen MR) is 89.2 cm³/mol. The minimum Gasteiger partial charge on any atom is -0.392 e. The van der Waals surface area contributed by atoms with E-state index in [2.05, 4.69) is 10.3 Å².